The van der Waals surface area contributed by atoms with Gasteiger partial charge in [0.1, 0.15) is 0 Å². The Labute approximate surface area is 143 Å². The van der Waals surface area contributed by atoms with Gasteiger partial charge in [-0.15, -0.1) is 5.53 Å². The molecule has 2 N–H and O–H groups in total. The molecule has 0 aromatic heterocycles. The van der Waals surface area contributed by atoms with Gasteiger partial charge in [0.05, 0.1) is 27.2 Å². The Hall–Kier alpha value is -1.56. The molecule has 1 unspecified atom stereocenters. The molecule has 1 aliphatic heterocycles. The van der Waals surface area contributed by atoms with Crippen molar-refractivity contribution in [2.75, 3.05) is 23.2 Å². The molecule has 0 radical (unpaired) electrons. The molecule has 0 spiro atoms. The van der Waals surface area contributed by atoms with Crippen LogP contribution >= 0.6 is 11.6 Å². The van der Waals surface area contributed by atoms with Gasteiger partial charge in [-0.25, -0.2) is 0 Å². The van der Waals surface area contributed by atoms with Crippen LogP contribution in [0, 0.1) is 5.92 Å². The van der Waals surface area contributed by atoms with E-state index in [4.69, 9.17) is 11.6 Å². The summed E-state index contributed by atoms with van der Waals surface area (Å²) < 4.78 is 12.0. The predicted octanol–water partition coefficient (Wildman–Crippen LogP) is 3.81. The van der Waals surface area contributed by atoms with E-state index in [1.54, 1.807) is 6.26 Å². The molecule has 1 fully saturated rings. The molecule has 1 atom stereocenters. The molecule has 1 heterocycles. The highest BCUT2D eigenvalue weighted by Crippen LogP contribution is 2.44. The van der Waals surface area contributed by atoms with Crippen LogP contribution in [0.25, 0.3) is 11.1 Å². The maximum absolute atomic E-state index is 12.0. The Morgan fingerprint density at radius 2 is 2.00 bits per heavy atom. The van der Waals surface area contributed by atoms with Gasteiger partial charge in [0.25, 0.3) is 0 Å². The summed E-state index contributed by atoms with van der Waals surface area (Å²) in [6.45, 7) is 0.991. The largest absolute Gasteiger partial charge is 0.300 e. The van der Waals surface area contributed by atoms with Crippen LogP contribution in [0.1, 0.15) is 12.8 Å². The van der Waals surface area contributed by atoms with Gasteiger partial charge in [-0.3, -0.25) is 9.22 Å². The molecule has 0 saturated heterocycles. The molecule has 0 bridgehead atoms. The zero-order valence-electron chi connectivity index (χ0n) is 12.8. The molecule has 6 heteroatoms. The minimum atomic E-state index is -1.06. The van der Waals surface area contributed by atoms with Gasteiger partial charge in [-0.1, -0.05) is 35.9 Å². The van der Waals surface area contributed by atoms with E-state index in [0.29, 0.717) is 5.02 Å². The topological polar surface area (TPSA) is 44.4 Å². The summed E-state index contributed by atoms with van der Waals surface area (Å²) in [6, 6.07) is 11.8. The highest BCUT2D eigenvalue weighted by atomic mass is 35.5. The monoisotopic (exact) mass is 347 g/mol. The third kappa shape index (κ3) is 2.73. The number of nitrogens with one attached hydrogen (secondary N) is 2. The zero-order valence-corrected chi connectivity index (χ0v) is 14.4. The fraction of sp³-hybridized carbons (Fsp3) is 0.294. The predicted molar refractivity (Wildman–Crippen MR) is 96.0 cm³/mol. The van der Waals surface area contributed by atoms with E-state index in [9.17, 15) is 4.21 Å². The number of anilines is 2. The zero-order chi connectivity index (χ0) is 16.0. The molecule has 0 amide bonds. The van der Waals surface area contributed by atoms with Crippen LogP contribution in [0.2, 0.25) is 5.02 Å². The van der Waals surface area contributed by atoms with Gasteiger partial charge >= 0.3 is 0 Å². The van der Waals surface area contributed by atoms with Gasteiger partial charge in [-0.05, 0) is 36.5 Å². The Morgan fingerprint density at radius 3 is 2.74 bits per heavy atom. The molecular formula is C17H18ClN3OS. The van der Waals surface area contributed by atoms with Crippen LogP contribution in [0.3, 0.4) is 0 Å². The first kappa shape index (κ1) is 15.0. The lowest BCUT2D eigenvalue weighted by Gasteiger charge is -2.17. The average Bonchev–Trinajstić information content (AvgIpc) is 3.27. The molecular weight excluding hydrogens is 330 g/mol. The first-order valence-corrected chi connectivity index (χ1v) is 9.63. The van der Waals surface area contributed by atoms with E-state index in [0.717, 1.165) is 39.9 Å². The van der Waals surface area contributed by atoms with Crippen molar-refractivity contribution < 1.29 is 4.21 Å². The summed E-state index contributed by atoms with van der Waals surface area (Å²) in [7, 11) is -1.06. The number of halogens is 1. The smallest absolute Gasteiger partial charge is 0.0946 e. The second kappa shape index (κ2) is 5.82. The van der Waals surface area contributed by atoms with Crippen LogP contribution in [-0.2, 0) is 10.8 Å². The summed E-state index contributed by atoms with van der Waals surface area (Å²) in [5.74, 6) is 0.775. The van der Waals surface area contributed by atoms with Crippen molar-refractivity contribution in [1.82, 2.24) is 5.53 Å². The average molecular weight is 348 g/mol. The number of hydrazine groups is 2. The highest BCUT2D eigenvalue weighted by molar-refractivity contribution is 7.84. The van der Waals surface area contributed by atoms with E-state index in [1.807, 2.05) is 30.3 Å². The Morgan fingerprint density at radius 1 is 1.22 bits per heavy atom. The molecule has 4 nitrogen and oxygen atoms in total. The standard InChI is InChI=1S/C17H18ClN3OS/c1-23(22)15-5-3-2-4-12(15)13-8-9-14-17(16(13)18)19-20-21(14)10-11-6-7-11/h2-5,8-9,11,19-20H,6-7,10H2,1H3. The third-order valence-electron chi connectivity index (χ3n) is 4.35. The fourth-order valence-electron chi connectivity index (χ4n) is 2.94. The number of hydrogen-bond acceptors (Lipinski definition) is 4. The van der Waals surface area contributed by atoms with Crippen molar-refractivity contribution in [2.45, 2.75) is 17.7 Å². The van der Waals surface area contributed by atoms with Crippen LogP contribution < -0.4 is 16.0 Å². The van der Waals surface area contributed by atoms with E-state index < -0.39 is 10.8 Å². The number of benzene rings is 2. The van der Waals surface area contributed by atoms with Gasteiger partial charge < -0.3 is 5.43 Å². The first-order valence-electron chi connectivity index (χ1n) is 7.69. The molecule has 2 aromatic carbocycles. The van der Waals surface area contributed by atoms with E-state index in [2.05, 4.69) is 22.0 Å². The summed E-state index contributed by atoms with van der Waals surface area (Å²) in [6.07, 6.45) is 4.29. The van der Waals surface area contributed by atoms with E-state index >= 15 is 0 Å². The number of nitrogens with zero attached hydrogens (tertiary/aromatic N) is 1. The van der Waals surface area contributed by atoms with Crippen LogP contribution in [0.5, 0.6) is 0 Å². The summed E-state index contributed by atoms with van der Waals surface area (Å²) in [5.41, 5.74) is 10.1. The fourth-order valence-corrected chi connectivity index (χ4v) is 4.01. The lowest BCUT2D eigenvalue weighted by Crippen LogP contribution is -2.37. The minimum absolute atomic E-state index is 0.659. The Balaban J connectivity index is 1.76. The van der Waals surface area contributed by atoms with E-state index in [-0.39, 0.29) is 0 Å². The van der Waals surface area contributed by atoms with Gasteiger partial charge in [-0.2, -0.15) is 0 Å². The van der Waals surface area contributed by atoms with Crippen molar-refractivity contribution in [3.05, 3.63) is 41.4 Å². The second-order valence-corrected chi connectivity index (χ2v) is 7.79. The number of rotatable bonds is 4. The molecule has 1 aliphatic carbocycles. The van der Waals surface area contributed by atoms with Gasteiger partial charge in [0.15, 0.2) is 0 Å². The summed E-state index contributed by atoms with van der Waals surface area (Å²) in [4.78, 5) is 0.801. The number of fused-ring (bicyclic) bond motifs is 1. The SMILES string of the molecule is CS(=O)c1ccccc1-c1ccc2c(c1Cl)NNN2CC1CC1. The van der Waals surface area contributed by atoms with Crippen molar-refractivity contribution in [2.24, 2.45) is 5.92 Å². The van der Waals surface area contributed by atoms with E-state index in [1.165, 1.54) is 12.8 Å². The maximum atomic E-state index is 12.0. The molecule has 1 saturated carbocycles. The quantitative estimate of drug-likeness (QED) is 0.882. The van der Waals surface area contributed by atoms with Crippen LogP contribution in [0.4, 0.5) is 11.4 Å². The Kier molecular flexibility index (Phi) is 3.79. The van der Waals surface area contributed by atoms with Crippen LogP contribution in [0.15, 0.2) is 41.3 Å². The van der Waals surface area contributed by atoms with Crippen LogP contribution in [-0.4, -0.2) is 17.0 Å². The molecule has 2 aromatic rings. The number of hydrogen-bond donors (Lipinski definition) is 2. The van der Waals surface area contributed by atoms with Crippen molar-refractivity contribution >= 4 is 33.8 Å². The molecule has 4 rings (SSSR count). The Bertz CT molecular complexity index is 791. The molecule has 120 valence electrons. The van der Waals surface area contributed by atoms with Crippen molar-refractivity contribution in [1.29, 1.82) is 0 Å². The summed E-state index contributed by atoms with van der Waals surface area (Å²) >= 11 is 6.65. The lowest BCUT2D eigenvalue weighted by molar-refractivity contribution is 0.674. The third-order valence-corrected chi connectivity index (χ3v) is 5.72. The second-order valence-electron chi connectivity index (χ2n) is 6.06. The van der Waals surface area contributed by atoms with Gasteiger partial charge in [0, 0.05) is 23.3 Å². The maximum Gasteiger partial charge on any atom is 0.0946 e. The van der Waals surface area contributed by atoms with Crippen molar-refractivity contribution in [3.8, 4) is 11.1 Å². The first-order chi connectivity index (χ1) is 11.1. The van der Waals surface area contributed by atoms with Gasteiger partial charge in [0.2, 0.25) is 0 Å². The normalized spacial score (nSPS) is 17.7. The lowest BCUT2D eigenvalue weighted by atomic mass is 10.0. The highest BCUT2D eigenvalue weighted by Gasteiger charge is 2.29. The molecule has 2 aliphatic rings. The minimum Gasteiger partial charge on any atom is -0.300 e. The molecule has 23 heavy (non-hydrogen) atoms. The van der Waals surface area contributed by atoms with Crippen molar-refractivity contribution in [3.63, 3.8) is 0 Å². The summed E-state index contributed by atoms with van der Waals surface area (Å²) in [5, 5.41) is 2.78.